The van der Waals surface area contributed by atoms with Crippen LogP contribution in [-0.2, 0) is 0 Å². The van der Waals surface area contributed by atoms with E-state index in [0.29, 0.717) is 6.10 Å². The first-order valence-corrected chi connectivity index (χ1v) is 6.76. The number of hydrogen-bond acceptors (Lipinski definition) is 2. The summed E-state index contributed by atoms with van der Waals surface area (Å²) in [6.45, 7) is 2.04. The molecule has 2 aliphatic rings. The van der Waals surface area contributed by atoms with Gasteiger partial charge in [-0.05, 0) is 49.1 Å². The molecule has 2 nitrogen and oxygen atoms in total. The number of allylic oxidation sites excluding steroid dienone is 4. The molecule has 0 saturated carbocycles. The lowest BCUT2D eigenvalue weighted by Crippen LogP contribution is -2.19. The van der Waals surface area contributed by atoms with Gasteiger partial charge in [-0.1, -0.05) is 30.4 Å². The molecule has 0 amide bonds. The summed E-state index contributed by atoms with van der Waals surface area (Å²) in [6, 6.07) is 8.46. The van der Waals surface area contributed by atoms with Crippen molar-refractivity contribution in [2.75, 3.05) is 13.1 Å². The molecule has 0 aromatic heterocycles. The second-order valence-corrected chi connectivity index (χ2v) is 4.90. The summed E-state index contributed by atoms with van der Waals surface area (Å²) >= 11 is 0. The predicted octanol–water partition coefficient (Wildman–Crippen LogP) is 3.16. The molecule has 1 aromatic rings. The van der Waals surface area contributed by atoms with Crippen LogP contribution in [0.4, 0.5) is 0 Å². The molecule has 0 radical (unpaired) electrons. The topological polar surface area (TPSA) is 21.3 Å². The Morgan fingerprint density at radius 3 is 2.67 bits per heavy atom. The van der Waals surface area contributed by atoms with E-state index in [1.807, 2.05) is 0 Å². The van der Waals surface area contributed by atoms with Gasteiger partial charge in [0.2, 0.25) is 0 Å². The van der Waals surface area contributed by atoms with Crippen molar-refractivity contribution in [3.8, 4) is 5.75 Å². The predicted molar refractivity (Wildman–Crippen MR) is 74.7 cm³/mol. The van der Waals surface area contributed by atoms with Gasteiger partial charge in [0.1, 0.15) is 11.9 Å². The maximum atomic E-state index is 5.92. The summed E-state index contributed by atoms with van der Waals surface area (Å²) in [5.41, 5.74) is 2.61. The van der Waals surface area contributed by atoms with Gasteiger partial charge in [-0.3, -0.25) is 0 Å². The van der Waals surface area contributed by atoms with E-state index in [2.05, 4.69) is 47.8 Å². The van der Waals surface area contributed by atoms with Gasteiger partial charge < -0.3 is 10.1 Å². The molecule has 1 fully saturated rings. The first-order valence-electron chi connectivity index (χ1n) is 6.76. The van der Waals surface area contributed by atoms with Crippen molar-refractivity contribution < 1.29 is 4.74 Å². The number of benzene rings is 1. The molecule has 0 spiro atoms. The molecule has 2 heteroatoms. The lowest BCUT2D eigenvalue weighted by molar-refractivity contribution is 0.223. The summed E-state index contributed by atoms with van der Waals surface area (Å²) in [5, 5.41) is 3.31. The molecule has 1 aromatic carbocycles. The highest BCUT2D eigenvalue weighted by Gasteiger charge is 2.15. The van der Waals surface area contributed by atoms with Crippen molar-refractivity contribution in [1.82, 2.24) is 5.32 Å². The number of ether oxygens (including phenoxy) is 1. The minimum Gasteiger partial charge on any atom is -0.489 e. The van der Waals surface area contributed by atoms with Gasteiger partial charge in [-0.2, -0.15) is 0 Å². The van der Waals surface area contributed by atoms with Crippen LogP contribution in [-0.4, -0.2) is 19.2 Å². The molecule has 1 N–H and O–H groups in total. The Morgan fingerprint density at radius 2 is 2.00 bits per heavy atom. The highest BCUT2D eigenvalue weighted by atomic mass is 16.5. The van der Waals surface area contributed by atoms with Crippen LogP contribution < -0.4 is 10.1 Å². The lowest BCUT2D eigenvalue weighted by Gasteiger charge is -2.13. The lowest BCUT2D eigenvalue weighted by atomic mass is 10.00. The van der Waals surface area contributed by atoms with Crippen LogP contribution in [0.5, 0.6) is 5.75 Å². The summed E-state index contributed by atoms with van der Waals surface area (Å²) in [7, 11) is 0. The fraction of sp³-hybridized carbons (Fsp3) is 0.375. The summed E-state index contributed by atoms with van der Waals surface area (Å²) in [4.78, 5) is 0. The maximum Gasteiger partial charge on any atom is 0.119 e. The molecule has 0 bridgehead atoms. The second-order valence-electron chi connectivity index (χ2n) is 4.90. The van der Waals surface area contributed by atoms with Crippen molar-refractivity contribution in [2.24, 2.45) is 0 Å². The van der Waals surface area contributed by atoms with Gasteiger partial charge in [0.25, 0.3) is 0 Å². The molecule has 1 atom stereocenters. The summed E-state index contributed by atoms with van der Waals surface area (Å²) in [6.07, 6.45) is 10.5. The Labute approximate surface area is 108 Å². The van der Waals surface area contributed by atoms with E-state index in [1.54, 1.807) is 0 Å². The highest BCUT2D eigenvalue weighted by Crippen LogP contribution is 2.24. The van der Waals surface area contributed by atoms with E-state index in [1.165, 1.54) is 17.6 Å². The molecular formula is C16H19NO. The van der Waals surface area contributed by atoms with Crippen LogP contribution >= 0.6 is 0 Å². The summed E-state index contributed by atoms with van der Waals surface area (Å²) in [5.74, 6) is 0.979. The van der Waals surface area contributed by atoms with Crippen LogP contribution in [0, 0.1) is 0 Å². The van der Waals surface area contributed by atoms with Crippen molar-refractivity contribution in [1.29, 1.82) is 0 Å². The van der Waals surface area contributed by atoms with Crippen molar-refractivity contribution >= 4 is 5.57 Å². The molecule has 94 valence electrons. The second kappa shape index (κ2) is 5.40. The molecule has 1 aliphatic carbocycles. The Bertz CT molecular complexity index is 452. The van der Waals surface area contributed by atoms with Crippen LogP contribution in [0.2, 0.25) is 0 Å². The van der Waals surface area contributed by atoms with E-state index < -0.39 is 0 Å². The van der Waals surface area contributed by atoms with Gasteiger partial charge in [0.15, 0.2) is 0 Å². The highest BCUT2D eigenvalue weighted by molar-refractivity contribution is 5.74. The first-order chi connectivity index (χ1) is 8.92. The third kappa shape index (κ3) is 2.65. The van der Waals surface area contributed by atoms with Crippen molar-refractivity contribution in [3.05, 3.63) is 48.1 Å². The molecule has 18 heavy (non-hydrogen) atoms. The maximum absolute atomic E-state index is 5.92. The Kier molecular flexibility index (Phi) is 3.47. The SMILES string of the molecule is C1=CC(c2ccc(O[C@H]3CCNC3)cc2)=CCC1. The molecule has 0 unspecified atom stereocenters. The standard InChI is InChI=1S/C16H19NO/c1-2-4-13(5-3-1)14-6-8-15(9-7-14)18-16-10-11-17-12-16/h2,4-9,16-17H,1,3,10-12H2/t16-/m0/s1. The van der Waals surface area contributed by atoms with Gasteiger partial charge in [-0.15, -0.1) is 0 Å². The Morgan fingerprint density at radius 1 is 1.11 bits per heavy atom. The van der Waals surface area contributed by atoms with Gasteiger partial charge >= 0.3 is 0 Å². The zero-order valence-corrected chi connectivity index (χ0v) is 10.6. The quantitative estimate of drug-likeness (QED) is 0.877. The van der Waals surface area contributed by atoms with Crippen LogP contribution in [0.15, 0.2) is 42.5 Å². The largest absolute Gasteiger partial charge is 0.489 e. The molecular weight excluding hydrogens is 222 g/mol. The molecule has 1 aliphatic heterocycles. The van der Waals surface area contributed by atoms with Gasteiger partial charge in [-0.25, -0.2) is 0 Å². The molecule has 1 heterocycles. The number of nitrogens with one attached hydrogen (secondary N) is 1. The van der Waals surface area contributed by atoms with E-state index in [-0.39, 0.29) is 0 Å². The Hall–Kier alpha value is -1.54. The average Bonchev–Trinajstić information content (AvgIpc) is 2.94. The number of rotatable bonds is 3. The minimum atomic E-state index is 0.338. The van der Waals surface area contributed by atoms with Gasteiger partial charge in [0.05, 0.1) is 0 Å². The van der Waals surface area contributed by atoms with Crippen LogP contribution in [0.3, 0.4) is 0 Å². The third-order valence-corrected chi connectivity index (χ3v) is 3.50. The third-order valence-electron chi connectivity index (χ3n) is 3.50. The fourth-order valence-electron chi connectivity index (χ4n) is 2.47. The average molecular weight is 241 g/mol. The normalized spacial score (nSPS) is 22.9. The van der Waals surface area contributed by atoms with E-state index in [0.717, 1.165) is 31.7 Å². The monoisotopic (exact) mass is 241 g/mol. The van der Waals surface area contributed by atoms with Crippen LogP contribution in [0.1, 0.15) is 24.8 Å². The Balaban J connectivity index is 1.68. The van der Waals surface area contributed by atoms with E-state index >= 15 is 0 Å². The summed E-state index contributed by atoms with van der Waals surface area (Å²) < 4.78 is 5.92. The first kappa shape index (κ1) is 11.5. The van der Waals surface area contributed by atoms with Gasteiger partial charge in [0, 0.05) is 6.54 Å². The number of hydrogen-bond donors (Lipinski definition) is 1. The molecule has 3 rings (SSSR count). The fourth-order valence-corrected chi connectivity index (χ4v) is 2.47. The van der Waals surface area contributed by atoms with Crippen molar-refractivity contribution in [2.45, 2.75) is 25.4 Å². The van der Waals surface area contributed by atoms with Crippen molar-refractivity contribution in [3.63, 3.8) is 0 Å². The minimum absolute atomic E-state index is 0.338. The van der Waals surface area contributed by atoms with Crippen LogP contribution in [0.25, 0.3) is 5.57 Å². The zero-order chi connectivity index (χ0) is 12.2. The molecule has 1 saturated heterocycles. The van der Waals surface area contributed by atoms with E-state index in [4.69, 9.17) is 4.74 Å². The van der Waals surface area contributed by atoms with E-state index in [9.17, 15) is 0 Å². The smallest absolute Gasteiger partial charge is 0.119 e. The zero-order valence-electron chi connectivity index (χ0n) is 10.6.